The topological polar surface area (TPSA) is 64.4 Å². The minimum atomic E-state index is -0.222. The number of carbonyl (C=O) groups is 1. The van der Waals surface area contributed by atoms with E-state index in [1.54, 1.807) is 6.92 Å². The van der Waals surface area contributed by atoms with Gasteiger partial charge in [0, 0.05) is 18.2 Å². The molecule has 1 amide bonds. The number of hydrogen-bond acceptors (Lipinski definition) is 3. The van der Waals surface area contributed by atoms with Crippen LogP contribution in [-0.4, -0.2) is 17.6 Å². The number of anilines is 1. The summed E-state index contributed by atoms with van der Waals surface area (Å²) in [5.74, 6) is 0.710. The van der Waals surface area contributed by atoms with E-state index in [1.807, 2.05) is 45.0 Å². The molecule has 0 saturated heterocycles. The third-order valence-electron chi connectivity index (χ3n) is 2.07. The van der Waals surface area contributed by atoms with Crippen molar-refractivity contribution in [2.75, 3.05) is 5.32 Å². The van der Waals surface area contributed by atoms with Gasteiger partial charge in [-0.25, -0.2) is 0 Å². The molecule has 108 valence electrons. The maximum Gasteiger partial charge on any atom is 0.225 e. The predicted octanol–water partition coefficient (Wildman–Crippen LogP) is 2.96. The van der Waals surface area contributed by atoms with Crippen LogP contribution in [0.2, 0.25) is 0 Å². The molecule has 0 radical (unpaired) electrons. The molecule has 0 aliphatic carbocycles. The molecule has 1 aromatic rings. The zero-order valence-electron chi connectivity index (χ0n) is 11.9. The highest BCUT2D eigenvalue weighted by atomic mass is 35.5. The molecule has 0 aromatic heterocycles. The molecule has 0 bridgehead atoms. The van der Waals surface area contributed by atoms with Crippen LogP contribution >= 0.6 is 12.4 Å². The number of nitrogens with one attached hydrogen (secondary N) is 1. The molecule has 5 heteroatoms. The second kappa shape index (κ2) is 7.36. The lowest BCUT2D eigenvalue weighted by atomic mass is 10.2. The molecule has 0 aliphatic rings. The van der Waals surface area contributed by atoms with Gasteiger partial charge in [-0.1, -0.05) is 0 Å². The van der Waals surface area contributed by atoms with Gasteiger partial charge in [-0.15, -0.1) is 12.4 Å². The van der Waals surface area contributed by atoms with Gasteiger partial charge >= 0.3 is 0 Å². The SMILES string of the molecule is CC(N)CC(=O)Nc1ccc(OC(C)(C)C)cc1.Cl. The Morgan fingerprint density at radius 3 is 2.26 bits per heavy atom. The average Bonchev–Trinajstić information content (AvgIpc) is 2.17. The van der Waals surface area contributed by atoms with Crippen LogP contribution in [-0.2, 0) is 4.79 Å². The van der Waals surface area contributed by atoms with Crippen LogP contribution in [0.1, 0.15) is 34.1 Å². The number of hydrogen-bond donors (Lipinski definition) is 2. The summed E-state index contributed by atoms with van der Waals surface area (Å²) in [5.41, 5.74) is 6.09. The Kier molecular flexibility index (Phi) is 6.87. The van der Waals surface area contributed by atoms with Crippen LogP contribution in [0.15, 0.2) is 24.3 Å². The van der Waals surface area contributed by atoms with Gasteiger partial charge in [-0.2, -0.15) is 0 Å². The van der Waals surface area contributed by atoms with Crippen LogP contribution in [0.25, 0.3) is 0 Å². The number of ether oxygens (including phenoxy) is 1. The molecule has 1 rings (SSSR count). The Bertz CT molecular complexity index is 397. The van der Waals surface area contributed by atoms with Crippen LogP contribution in [0, 0.1) is 0 Å². The molecule has 1 unspecified atom stereocenters. The van der Waals surface area contributed by atoms with E-state index >= 15 is 0 Å². The normalized spacial score (nSPS) is 12.3. The Hall–Kier alpha value is -1.26. The van der Waals surface area contributed by atoms with E-state index in [9.17, 15) is 4.79 Å². The van der Waals surface area contributed by atoms with Crippen LogP contribution < -0.4 is 15.8 Å². The highest BCUT2D eigenvalue weighted by Crippen LogP contribution is 2.20. The van der Waals surface area contributed by atoms with E-state index in [4.69, 9.17) is 10.5 Å². The molecular weight excluding hydrogens is 264 g/mol. The highest BCUT2D eigenvalue weighted by molar-refractivity contribution is 5.91. The summed E-state index contributed by atoms with van der Waals surface area (Å²) < 4.78 is 5.69. The number of halogens is 1. The molecule has 0 spiro atoms. The lowest BCUT2D eigenvalue weighted by molar-refractivity contribution is -0.116. The largest absolute Gasteiger partial charge is 0.488 e. The molecule has 1 atom stereocenters. The first-order valence-corrected chi connectivity index (χ1v) is 6.11. The van der Waals surface area contributed by atoms with Crippen molar-refractivity contribution in [3.63, 3.8) is 0 Å². The summed E-state index contributed by atoms with van der Waals surface area (Å²) in [7, 11) is 0. The maximum absolute atomic E-state index is 11.5. The van der Waals surface area contributed by atoms with Gasteiger partial charge in [-0.3, -0.25) is 4.79 Å². The zero-order chi connectivity index (χ0) is 13.8. The summed E-state index contributed by atoms with van der Waals surface area (Å²) in [4.78, 5) is 11.5. The lowest BCUT2D eigenvalue weighted by Crippen LogP contribution is -2.24. The lowest BCUT2D eigenvalue weighted by Gasteiger charge is -2.21. The van der Waals surface area contributed by atoms with E-state index in [0.29, 0.717) is 6.42 Å². The van der Waals surface area contributed by atoms with Gasteiger partial charge in [0.1, 0.15) is 11.4 Å². The average molecular weight is 287 g/mol. The van der Waals surface area contributed by atoms with Gasteiger partial charge in [0.15, 0.2) is 0 Å². The number of carbonyl (C=O) groups excluding carboxylic acids is 1. The second-order valence-electron chi connectivity index (χ2n) is 5.47. The quantitative estimate of drug-likeness (QED) is 0.894. The van der Waals surface area contributed by atoms with Gasteiger partial charge in [0.25, 0.3) is 0 Å². The van der Waals surface area contributed by atoms with Crippen molar-refractivity contribution >= 4 is 24.0 Å². The Balaban J connectivity index is 0.00000324. The van der Waals surface area contributed by atoms with Gasteiger partial charge in [0.2, 0.25) is 5.91 Å². The maximum atomic E-state index is 11.5. The molecule has 0 heterocycles. The van der Waals surface area contributed by atoms with Crippen molar-refractivity contribution in [3.8, 4) is 5.75 Å². The number of rotatable bonds is 4. The fourth-order valence-electron chi connectivity index (χ4n) is 1.46. The predicted molar refractivity (Wildman–Crippen MR) is 81.0 cm³/mol. The highest BCUT2D eigenvalue weighted by Gasteiger charge is 2.11. The minimum Gasteiger partial charge on any atom is -0.488 e. The first-order valence-electron chi connectivity index (χ1n) is 6.11. The molecule has 19 heavy (non-hydrogen) atoms. The monoisotopic (exact) mass is 286 g/mol. The van der Waals surface area contributed by atoms with Crippen LogP contribution in [0.4, 0.5) is 5.69 Å². The fraction of sp³-hybridized carbons (Fsp3) is 0.500. The van der Waals surface area contributed by atoms with Crippen LogP contribution in [0.3, 0.4) is 0 Å². The number of amides is 1. The Morgan fingerprint density at radius 1 is 1.32 bits per heavy atom. The van der Waals surface area contributed by atoms with Gasteiger partial charge in [-0.05, 0) is 52.0 Å². The minimum absolute atomic E-state index is 0. The van der Waals surface area contributed by atoms with Crippen molar-refractivity contribution in [2.45, 2.75) is 45.8 Å². The second-order valence-corrected chi connectivity index (χ2v) is 5.47. The summed E-state index contributed by atoms with van der Waals surface area (Å²) in [6, 6.07) is 7.19. The van der Waals surface area contributed by atoms with Gasteiger partial charge < -0.3 is 15.8 Å². The standard InChI is InChI=1S/C14H22N2O2.ClH/c1-10(15)9-13(17)16-11-5-7-12(8-6-11)18-14(2,3)4;/h5-8,10H,9,15H2,1-4H3,(H,16,17);1H. The van der Waals surface area contributed by atoms with E-state index in [2.05, 4.69) is 5.32 Å². The molecule has 0 saturated carbocycles. The smallest absolute Gasteiger partial charge is 0.225 e. The van der Waals surface area contributed by atoms with Crippen molar-refractivity contribution in [3.05, 3.63) is 24.3 Å². The molecule has 0 aliphatic heterocycles. The van der Waals surface area contributed by atoms with E-state index < -0.39 is 0 Å². The summed E-state index contributed by atoms with van der Waals surface area (Å²) >= 11 is 0. The zero-order valence-corrected chi connectivity index (χ0v) is 12.7. The summed E-state index contributed by atoms with van der Waals surface area (Å²) in [6.45, 7) is 7.78. The molecule has 3 N–H and O–H groups in total. The molecule has 0 fully saturated rings. The first-order chi connectivity index (χ1) is 8.26. The third-order valence-corrected chi connectivity index (χ3v) is 2.07. The van der Waals surface area contributed by atoms with E-state index in [0.717, 1.165) is 11.4 Å². The third kappa shape index (κ3) is 7.70. The molecule has 1 aromatic carbocycles. The van der Waals surface area contributed by atoms with Gasteiger partial charge in [0.05, 0.1) is 0 Å². The summed E-state index contributed by atoms with van der Waals surface area (Å²) in [5, 5.41) is 2.79. The van der Waals surface area contributed by atoms with Crippen molar-refractivity contribution < 1.29 is 9.53 Å². The van der Waals surface area contributed by atoms with Crippen molar-refractivity contribution in [1.82, 2.24) is 0 Å². The number of nitrogens with two attached hydrogens (primary N) is 1. The number of benzene rings is 1. The first kappa shape index (κ1) is 17.7. The Morgan fingerprint density at radius 2 is 1.84 bits per heavy atom. The van der Waals surface area contributed by atoms with Crippen molar-refractivity contribution in [2.24, 2.45) is 5.73 Å². The molecular formula is C14H23ClN2O2. The van der Waals surface area contributed by atoms with Crippen LogP contribution in [0.5, 0.6) is 5.75 Å². The summed E-state index contributed by atoms with van der Waals surface area (Å²) in [6.07, 6.45) is 0.320. The Labute approximate surface area is 121 Å². The molecule has 4 nitrogen and oxygen atoms in total. The van der Waals surface area contributed by atoms with Crippen molar-refractivity contribution in [1.29, 1.82) is 0 Å². The van der Waals surface area contributed by atoms with E-state index in [1.165, 1.54) is 0 Å². The van der Waals surface area contributed by atoms with E-state index in [-0.39, 0.29) is 30.0 Å². The fourth-order valence-corrected chi connectivity index (χ4v) is 1.46.